The standard InChI is InChI=1S/C20H20F2N4/c1-4-26(16-7-5-6-13(2)10-16)19-11-14(3)23-20(25-19)24-18-9-8-15(21)12-17(18)22/h5-12H,4H2,1-3H3,(H,23,24,25). The molecule has 0 radical (unpaired) electrons. The van der Waals surface area contributed by atoms with Crippen LogP contribution < -0.4 is 10.2 Å². The van der Waals surface area contributed by atoms with Crippen molar-refractivity contribution in [3.05, 3.63) is 71.4 Å². The number of halogens is 2. The Morgan fingerprint density at radius 3 is 2.50 bits per heavy atom. The van der Waals surface area contributed by atoms with E-state index in [1.807, 2.05) is 49.9 Å². The zero-order valence-corrected chi connectivity index (χ0v) is 14.9. The van der Waals surface area contributed by atoms with Gasteiger partial charge in [-0.2, -0.15) is 4.98 Å². The highest BCUT2D eigenvalue weighted by atomic mass is 19.1. The highest BCUT2D eigenvalue weighted by Gasteiger charge is 2.13. The van der Waals surface area contributed by atoms with Crippen molar-refractivity contribution < 1.29 is 8.78 Å². The normalized spacial score (nSPS) is 10.7. The molecular formula is C20H20F2N4. The lowest BCUT2D eigenvalue weighted by molar-refractivity contribution is 0.586. The fourth-order valence-corrected chi connectivity index (χ4v) is 2.73. The van der Waals surface area contributed by atoms with E-state index >= 15 is 0 Å². The first-order valence-electron chi connectivity index (χ1n) is 8.38. The van der Waals surface area contributed by atoms with Crippen LogP contribution >= 0.6 is 0 Å². The Labute approximate surface area is 151 Å². The van der Waals surface area contributed by atoms with Gasteiger partial charge >= 0.3 is 0 Å². The van der Waals surface area contributed by atoms with Crippen LogP contribution in [0.2, 0.25) is 0 Å². The molecule has 1 heterocycles. The van der Waals surface area contributed by atoms with Gasteiger partial charge in [0.15, 0.2) is 0 Å². The van der Waals surface area contributed by atoms with Crippen molar-refractivity contribution in [2.75, 3.05) is 16.8 Å². The van der Waals surface area contributed by atoms with Crippen molar-refractivity contribution in [1.82, 2.24) is 9.97 Å². The van der Waals surface area contributed by atoms with Gasteiger partial charge in [0, 0.05) is 30.1 Å². The van der Waals surface area contributed by atoms with Gasteiger partial charge in [-0.15, -0.1) is 0 Å². The molecule has 0 spiro atoms. The minimum atomic E-state index is -0.692. The predicted octanol–water partition coefficient (Wildman–Crippen LogP) is 5.27. The SMILES string of the molecule is CCN(c1cccc(C)c1)c1cc(C)nc(Nc2ccc(F)cc2F)n1. The van der Waals surface area contributed by atoms with Crippen LogP contribution in [0.4, 0.5) is 31.9 Å². The van der Waals surface area contributed by atoms with Gasteiger partial charge in [-0.25, -0.2) is 13.8 Å². The molecule has 134 valence electrons. The summed E-state index contributed by atoms with van der Waals surface area (Å²) >= 11 is 0. The predicted molar refractivity (Wildman–Crippen MR) is 100 cm³/mol. The van der Waals surface area contributed by atoms with Crippen LogP contribution in [-0.2, 0) is 0 Å². The lowest BCUT2D eigenvalue weighted by Crippen LogP contribution is -2.18. The summed E-state index contributed by atoms with van der Waals surface area (Å²) in [6, 6.07) is 13.3. The Morgan fingerprint density at radius 1 is 1.00 bits per heavy atom. The van der Waals surface area contributed by atoms with Crippen molar-refractivity contribution in [3.63, 3.8) is 0 Å². The number of hydrogen-bond acceptors (Lipinski definition) is 4. The summed E-state index contributed by atoms with van der Waals surface area (Å²) in [4.78, 5) is 10.9. The summed E-state index contributed by atoms with van der Waals surface area (Å²) in [6.07, 6.45) is 0. The van der Waals surface area contributed by atoms with Crippen molar-refractivity contribution in [2.45, 2.75) is 20.8 Å². The number of nitrogens with one attached hydrogen (secondary N) is 1. The molecule has 0 saturated heterocycles. The summed E-state index contributed by atoms with van der Waals surface area (Å²) in [5, 5.41) is 2.83. The Bertz CT molecular complexity index is 927. The fraction of sp³-hybridized carbons (Fsp3) is 0.200. The molecule has 2 aromatic carbocycles. The summed E-state index contributed by atoms with van der Waals surface area (Å²) in [6.45, 7) is 6.63. The first-order chi connectivity index (χ1) is 12.5. The molecule has 0 amide bonds. The average molecular weight is 354 g/mol. The fourth-order valence-electron chi connectivity index (χ4n) is 2.73. The average Bonchev–Trinajstić information content (AvgIpc) is 2.58. The van der Waals surface area contributed by atoms with Crippen LogP contribution in [0.1, 0.15) is 18.2 Å². The first-order valence-corrected chi connectivity index (χ1v) is 8.38. The van der Waals surface area contributed by atoms with Gasteiger partial charge in [0.05, 0.1) is 5.69 Å². The lowest BCUT2D eigenvalue weighted by Gasteiger charge is -2.23. The minimum absolute atomic E-state index is 0.126. The maximum atomic E-state index is 13.9. The smallest absolute Gasteiger partial charge is 0.229 e. The van der Waals surface area contributed by atoms with E-state index in [9.17, 15) is 8.78 Å². The number of aromatic nitrogens is 2. The van der Waals surface area contributed by atoms with Gasteiger partial charge in [0.2, 0.25) is 5.95 Å². The van der Waals surface area contributed by atoms with E-state index < -0.39 is 11.6 Å². The highest BCUT2D eigenvalue weighted by molar-refractivity contribution is 5.63. The second kappa shape index (κ2) is 7.47. The van der Waals surface area contributed by atoms with E-state index in [4.69, 9.17) is 0 Å². The number of benzene rings is 2. The Balaban J connectivity index is 1.96. The maximum Gasteiger partial charge on any atom is 0.229 e. The van der Waals surface area contributed by atoms with Gasteiger partial charge in [0.25, 0.3) is 0 Å². The second-order valence-electron chi connectivity index (χ2n) is 6.02. The van der Waals surface area contributed by atoms with E-state index in [1.165, 1.54) is 12.1 Å². The number of nitrogens with zero attached hydrogens (tertiary/aromatic N) is 3. The van der Waals surface area contributed by atoms with Crippen molar-refractivity contribution >= 4 is 23.1 Å². The molecule has 0 fully saturated rings. The third-order valence-corrected chi connectivity index (χ3v) is 3.92. The van der Waals surface area contributed by atoms with E-state index in [2.05, 4.69) is 21.4 Å². The second-order valence-corrected chi connectivity index (χ2v) is 6.02. The molecule has 0 aliphatic rings. The van der Waals surface area contributed by atoms with Crippen LogP contribution in [0, 0.1) is 25.5 Å². The Morgan fingerprint density at radius 2 is 1.81 bits per heavy atom. The Kier molecular flexibility index (Phi) is 5.11. The molecule has 3 rings (SSSR count). The number of anilines is 4. The van der Waals surface area contributed by atoms with Crippen molar-refractivity contribution in [3.8, 4) is 0 Å². The lowest BCUT2D eigenvalue weighted by atomic mass is 10.2. The van der Waals surface area contributed by atoms with Gasteiger partial charge in [-0.05, 0) is 50.6 Å². The van der Waals surface area contributed by atoms with Gasteiger partial charge in [-0.3, -0.25) is 0 Å². The number of aryl methyl sites for hydroxylation is 2. The number of rotatable bonds is 5. The highest BCUT2D eigenvalue weighted by Crippen LogP contribution is 2.27. The molecule has 6 heteroatoms. The molecule has 0 unspecified atom stereocenters. The molecule has 1 aromatic heterocycles. The van der Waals surface area contributed by atoms with E-state index in [-0.39, 0.29) is 11.6 Å². The molecule has 1 N–H and O–H groups in total. The summed E-state index contributed by atoms with van der Waals surface area (Å²) in [5.41, 5.74) is 3.04. The summed E-state index contributed by atoms with van der Waals surface area (Å²) in [7, 11) is 0. The van der Waals surface area contributed by atoms with E-state index in [0.29, 0.717) is 12.4 Å². The molecule has 0 saturated carbocycles. The molecule has 0 aliphatic heterocycles. The van der Waals surface area contributed by atoms with Crippen LogP contribution in [-0.4, -0.2) is 16.5 Å². The molecule has 0 aliphatic carbocycles. The zero-order chi connectivity index (χ0) is 18.7. The first kappa shape index (κ1) is 17.8. The van der Waals surface area contributed by atoms with Crippen LogP contribution in [0.5, 0.6) is 0 Å². The monoisotopic (exact) mass is 354 g/mol. The largest absolute Gasteiger partial charge is 0.326 e. The molecule has 4 nitrogen and oxygen atoms in total. The molecule has 26 heavy (non-hydrogen) atoms. The van der Waals surface area contributed by atoms with E-state index in [1.54, 1.807) is 0 Å². The van der Waals surface area contributed by atoms with Crippen LogP contribution in [0.25, 0.3) is 0 Å². The molecular weight excluding hydrogens is 334 g/mol. The number of hydrogen-bond donors (Lipinski definition) is 1. The van der Waals surface area contributed by atoms with Crippen molar-refractivity contribution in [2.24, 2.45) is 0 Å². The summed E-state index contributed by atoms with van der Waals surface area (Å²) in [5.74, 6) is -0.356. The molecule has 3 aromatic rings. The maximum absolute atomic E-state index is 13.9. The quantitative estimate of drug-likeness (QED) is 0.677. The van der Waals surface area contributed by atoms with Gasteiger partial charge < -0.3 is 10.2 Å². The summed E-state index contributed by atoms with van der Waals surface area (Å²) < 4.78 is 27.0. The van der Waals surface area contributed by atoms with Gasteiger partial charge in [0.1, 0.15) is 17.5 Å². The molecule has 0 atom stereocenters. The van der Waals surface area contributed by atoms with Crippen LogP contribution in [0.3, 0.4) is 0 Å². The van der Waals surface area contributed by atoms with Crippen molar-refractivity contribution in [1.29, 1.82) is 0 Å². The molecule has 0 bridgehead atoms. The van der Waals surface area contributed by atoms with Crippen LogP contribution in [0.15, 0.2) is 48.5 Å². The zero-order valence-electron chi connectivity index (χ0n) is 14.9. The van der Waals surface area contributed by atoms with Gasteiger partial charge in [-0.1, -0.05) is 12.1 Å². The van der Waals surface area contributed by atoms with E-state index in [0.717, 1.165) is 23.0 Å². The third kappa shape index (κ3) is 3.96. The third-order valence-electron chi connectivity index (χ3n) is 3.92. The minimum Gasteiger partial charge on any atom is -0.326 e. The topological polar surface area (TPSA) is 41.1 Å². The Hall–Kier alpha value is -3.02.